The molecule has 0 atom stereocenters. The van der Waals surface area contributed by atoms with Gasteiger partial charge >= 0.3 is 0 Å². The minimum absolute atomic E-state index is 0.0196. The molecule has 2 aromatic rings. The molecule has 0 saturated carbocycles. The molecule has 7 heteroatoms. The first-order valence-corrected chi connectivity index (χ1v) is 7.34. The van der Waals surface area contributed by atoms with Gasteiger partial charge in [0.25, 0.3) is 0 Å². The molecular weight excluding hydrogens is 292 g/mol. The Morgan fingerprint density at radius 2 is 2.10 bits per heavy atom. The fourth-order valence-electron chi connectivity index (χ4n) is 1.82. The number of nitrogens with zero attached hydrogens (tertiary/aromatic N) is 1. The van der Waals surface area contributed by atoms with Crippen molar-refractivity contribution < 1.29 is 19.4 Å². The molecule has 0 saturated heterocycles. The minimum Gasteiger partial charge on any atom is -0.550 e. The zero-order valence-electron chi connectivity index (χ0n) is 11.5. The van der Waals surface area contributed by atoms with Gasteiger partial charge in [0.2, 0.25) is 5.91 Å². The number of aromatic nitrogens is 1. The lowest BCUT2D eigenvalue weighted by Gasteiger charge is -2.02. The number of amides is 1. The Kier molecular flexibility index (Phi) is 5.10. The van der Waals surface area contributed by atoms with E-state index < -0.39 is 5.97 Å². The van der Waals surface area contributed by atoms with Crippen LogP contribution in [-0.4, -0.2) is 24.0 Å². The normalized spacial score (nSPS) is 10.5. The molecule has 1 heterocycles. The van der Waals surface area contributed by atoms with Crippen LogP contribution in [0.25, 0.3) is 10.2 Å². The standard InChI is InChI=1S/C14H16N2O4S/c1-20-9-6-7-10-11(8-9)21-14(15-10)16-12(17)4-2-3-5-13(18)19/h6-8H,2-5H2,1H3,(H,18,19)(H,15,16,17)/p-1. The number of hydrogen-bond acceptors (Lipinski definition) is 6. The van der Waals surface area contributed by atoms with E-state index in [9.17, 15) is 14.7 Å². The van der Waals surface area contributed by atoms with Gasteiger partial charge in [0.05, 0.1) is 17.3 Å². The van der Waals surface area contributed by atoms with Crippen molar-refractivity contribution in [1.29, 1.82) is 0 Å². The molecule has 21 heavy (non-hydrogen) atoms. The highest BCUT2D eigenvalue weighted by molar-refractivity contribution is 7.22. The van der Waals surface area contributed by atoms with Crippen molar-refractivity contribution in [3.05, 3.63) is 18.2 Å². The number of methoxy groups -OCH3 is 1. The van der Waals surface area contributed by atoms with E-state index in [0.29, 0.717) is 18.0 Å². The van der Waals surface area contributed by atoms with Gasteiger partial charge < -0.3 is 20.0 Å². The molecular formula is C14H15N2O4S-. The third kappa shape index (κ3) is 4.42. The molecule has 6 nitrogen and oxygen atoms in total. The zero-order valence-corrected chi connectivity index (χ0v) is 12.4. The van der Waals surface area contributed by atoms with Crippen molar-refractivity contribution in [2.75, 3.05) is 12.4 Å². The Morgan fingerprint density at radius 3 is 2.81 bits per heavy atom. The van der Waals surface area contributed by atoms with E-state index in [1.807, 2.05) is 18.2 Å². The average Bonchev–Trinajstić information content (AvgIpc) is 2.84. The van der Waals surface area contributed by atoms with Crippen molar-refractivity contribution in [3.63, 3.8) is 0 Å². The maximum absolute atomic E-state index is 11.7. The lowest BCUT2D eigenvalue weighted by atomic mass is 10.2. The third-order valence-electron chi connectivity index (χ3n) is 2.88. The molecule has 1 amide bonds. The monoisotopic (exact) mass is 307 g/mol. The fourth-order valence-corrected chi connectivity index (χ4v) is 2.73. The van der Waals surface area contributed by atoms with Crippen molar-refractivity contribution in [3.8, 4) is 5.75 Å². The highest BCUT2D eigenvalue weighted by Crippen LogP contribution is 2.29. The van der Waals surface area contributed by atoms with Gasteiger partial charge in [0.15, 0.2) is 5.13 Å². The van der Waals surface area contributed by atoms with Crippen LogP contribution < -0.4 is 15.2 Å². The predicted molar refractivity (Wildman–Crippen MR) is 78.3 cm³/mol. The fraction of sp³-hybridized carbons (Fsp3) is 0.357. The van der Waals surface area contributed by atoms with E-state index in [4.69, 9.17) is 4.74 Å². The molecule has 1 N–H and O–H groups in total. The highest BCUT2D eigenvalue weighted by Gasteiger charge is 2.08. The van der Waals surface area contributed by atoms with Crippen LogP contribution in [0.2, 0.25) is 0 Å². The van der Waals surface area contributed by atoms with Gasteiger partial charge in [-0.05, 0) is 37.5 Å². The summed E-state index contributed by atoms with van der Waals surface area (Å²) in [7, 11) is 1.59. The van der Waals surface area contributed by atoms with Gasteiger partial charge in [0, 0.05) is 12.4 Å². The van der Waals surface area contributed by atoms with E-state index in [0.717, 1.165) is 16.0 Å². The largest absolute Gasteiger partial charge is 0.550 e. The Labute approximate surface area is 125 Å². The number of carbonyl (C=O) groups excluding carboxylic acids is 2. The minimum atomic E-state index is -1.09. The number of carboxylic acid groups (broad SMARTS) is 1. The summed E-state index contributed by atoms with van der Waals surface area (Å²) in [5.41, 5.74) is 0.799. The van der Waals surface area contributed by atoms with Gasteiger partial charge in [-0.1, -0.05) is 11.3 Å². The van der Waals surface area contributed by atoms with E-state index in [1.54, 1.807) is 7.11 Å². The molecule has 0 unspecified atom stereocenters. The molecule has 112 valence electrons. The topological polar surface area (TPSA) is 91.3 Å². The van der Waals surface area contributed by atoms with Crippen LogP contribution in [0.5, 0.6) is 5.75 Å². The van der Waals surface area contributed by atoms with E-state index >= 15 is 0 Å². The predicted octanol–water partition coefficient (Wildman–Crippen LogP) is 1.55. The second-order valence-electron chi connectivity index (χ2n) is 4.48. The summed E-state index contributed by atoms with van der Waals surface area (Å²) < 4.78 is 6.07. The van der Waals surface area contributed by atoms with Crippen LogP contribution in [0, 0.1) is 0 Å². The number of thiazole rings is 1. The van der Waals surface area contributed by atoms with Crippen LogP contribution in [0.3, 0.4) is 0 Å². The van der Waals surface area contributed by atoms with Gasteiger partial charge in [-0.2, -0.15) is 0 Å². The first-order valence-electron chi connectivity index (χ1n) is 6.53. The summed E-state index contributed by atoms with van der Waals surface area (Å²) in [6.07, 6.45) is 1.20. The van der Waals surface area contributed by atoms with Gasteiger partial charge in [-0.15, -0.1) is 0 Å². The molecule has 0 aliphatic rings. The first-order chi connectivity index (χ1) is 10.1. The number of carboxylic acids is 1. The van der Waals surface area contributed by atoms with E-state index in [-0.39, 0.29) is 18.7 Å². The molecule has 0 fully saturated rings. The number of nitrogens with one attached hydrogen (secondary N) is 1. The number of ether oxygens (including phenoxy) is 1. The number of fused-ring (bicyclic) bond motifs is 1. The summed E-state index contributed by atoms with van der Waals surface area (Å²) in [6.45, 7) is 0. The Hall–Kier alpha value is -2.15. The third-order valence-corrected chi connectivity index (χ3v) is 3.81. The Bertz CT molecular complexity index is 653. The van der Waals surface area contributed by atoms with Crippen LogP contribution >= 0.6 is 11.3 Å². The van der Waals surface area contributed by atoms with Crippen LogP contribution in [-0.2, 0) is 9.59 Å². The average molecular weight is 307 g/mol. The summed E-state index contributed by atoms with van der Waals surface area (Å²) in [5.74, 6) is -0.513. The second-order valence-corrected chi connectivity index (χ2v) is 5.51. The number of aliphatic carboxylic acids is 1. The number of unbranched alkanes of at least 4 members (excludes halogenated alkanes) is 1. The SMILES string of the molecule is COc1ccc2nc(NC(=O)CCCCC(=O)[O-])sc2c1. The molecule has 0 aliphatic heterocycles. The van der Waals surface area contributed by atoms with Crippen molar-refractivity contribution >= 4 is 38.6 Å². The maximum atomic E-state index is 11.7. The number of rotatable bonds is 7. The van der Waals surface area contributed by atoms with Gasteiger partial charge in [0.1, 0.15) is 5.75 Å². The van der Waals surface area contributed by atoms with Gasteiger partial charge in [-0.3, -0.25) is 4.79 Å². The van der Waals surface area contributed by atoms with Crippen LogP contribution in [0.4, 0.5) is 5.13 Å². The van der Waals surface area contributed by atoms with Gasteiger partial charge in [-0.25, -0.2) is 4.98 Å². The molecule has 0 spiro atoms. The highest BCUT2D eigenvalue weighted by atomic mass is 32.1. The van der Waals surface area contributed by atoms with Crippen LogP contribution in [0.15, 0.2) is 18.2 Å². The van der Waals surface area contributed by atoms with Crippen LogP contribution in [0.1, 0.15) is 25.7 Å². The molecule has 0 bridgehead atoms. The van der Waals surface area contributed by atoms with Crippen molar-refractivity contribution in [2.45, 2.75) is 25.7 Å². The summed E-state index contributed by atoms with van der Waals surface area (Å²) in [5, 5.41) is 13.5. The molecule has 1 aromatic carbocycles. The summed E-state index contributed by atoms with van der Waals surface area (Å²) in [4.78, 5) is 26.3. The summed E-state index contributed by atoms with van der Waals surface area (Å²) >= 11 is 1.37. The smallest absolute Gasteiger partial charge is 0.226 e. The Morgan fingerprint density at radius 1 is 1.33 bits per heavy atom. The maximum Gasteiger partial charge on any atom is 0.226 e. The second kappa shape index (κ2) is 7.03. The van der Waals surface area contributed by atoms with E-state index in [2.05, 4.69) is 10.3 Å². The lowest BCUT2D eigenvalue weighted by molar-refractivity contribution is -0.305. The quantitative estimate of drug-likeness (QED) is 0.784. The summed E-state index contributed by atoms with van der Waals surface area (Å²) in [6, 6.07) is 5.51. The number of hydrogen-bond donors (Lipinski definition) is 1. The molecule has 0 radical (unpaired) electrons. The number of carbonyl (C=O) groups is 2. The molecule has 2 rings (SSSR count). The first kappa shape index (κ1) is 15.2. The molecule has 1 aromatic heterocycles. The number of anilines is 1. The van der Waals surface area contributed by atoms with Crippen molar-refractivity contribution in [1.82, 2.24) is 4.98 Å². The molecule has 0 aliphatic carbocycles. The van der Waals surface area contributed by atoms with E-state index in [1.165, 1.54) is 11.3 Å². The van der Waals surface area contributed by atoms with Crippen molar-refractivity contribution in [2.24, 2.45) is 0 Å². The lowest BCUT2D eigenvalue weighted by Crippen LogP contribution is -2.21. The number of benzene rings is 1. The Balaban J connectivity index is 1.90. The zero-order chi connectivity index (χ0) is 15.2.